The van der Waals surface area contributed by atoms with Crippen molar-refractivity contribution in [3.8, 4) is 0 Å². The number of hydrogen-bond donors (Lipinski definition) is 0. The lowest BCUT2D eigenvalue weighted by Gasteiger charge is -2.33. The number of benzene rings is 6. The number of aliphatic imine (C=N–C) groups is 1. The van der Waals surface area contributed by atoms with Gasteiger partial charge in [-0.2, -0.15) is 0 Å². The van der Waals surface area contributed by atoms with Crippen molar-refractivity contribution in [2.75, 3.05) is 6.61 Å². The maximum absolute atomic E-state index is 6.57. The Labute approximate surface area is 298 Å². The summed E-state index contributed by atoms with van der Waals surface area (Å²) in [7, 11) is -0.777. The van der Waals surface area contributed by atoms with E-state index in [0.717, 1.165) is 38.0 Å². The average Bonchev–Trinajstić information content (AvgIpc) is 3.83. The molecule has 0 amide bonds. The minimum absolute atomic E-state index is 0.0459. The second-order valence-electron chi connectivity index (χ2n) is 15.0. The van der Waals surface area contributed by atoms with Crippen LogP contribution in [0.2, 0.25) is 0 Å². The van der Waals surface area contributed by atoms with E-state index >= 15 is 0 Å². The molecule has 0 aromatic heterocycles. The minimum atomic E-state index is -0.777. The van der Waals surface area contributed by atoms with Crippen LogP contribution in [-0.2, 0) is 29.4 Å². The average molecular weight is 670 g/mol. The van der Waals surface area contributed by atoms with Gasteiger partial charge in [0.15, 0.2) is 0 Å². The summed E-state index contributed by atoms with van der Waals surface area (Å²) in [5, 5.41) is 7.02. The summed E-state index contributed by atoms with van der Waals surface area (Å²) in [4.78, 5) is 5.34. The van der Waals surface area contributed by atoms with Crippen molar-refractivity contribution in [1.82, 2.24) is 0 Å². The van der Waals surface area contributed by atoms with Crippen LogP contribution in [0.5, 0.6) is 0 Å². The van der Waals surface area contributed by atoms with Gasteiger partial charge in [0.1, 0.15) is 6.61 Å². The molecule has 1 spiro atoms. The quantitative estimate of drug-likeness (QED) is 0.162. The summed E-state index contributed by atoms with van der Waals surface area (Å²) >= 11 is 0. The van der Waals surface area contributed by atoms with Gasteiger partial charge in [-0.15, -0.1) is 0 Å². The van der Waals surface area contributed by atoms with Gasteiger partial charge in [-0.3, -0.25) is 0 Å². The van der Waals surface area contributed by atoms with Gasteiger partial charge < -0.3 is 4.74 Å². The molecular formula is C47H44NOP. The molecule has 1 heterocycles. The molecule has 2 nitrogen and oxygen atoms in total. The summed E-state index contributed by atoms with van der Waals surface area (Å²) in [6, 6.07) is 43.9. The zero-order valence-electron chi connectivity index (χ0n) is 29.6. The van der Waals surface area contributed by atoms with Crippen LogP contribution in [0.4, 0.5) is 0 Å². The van der Waals surface area contributed by atoms with Crippen LogP contribution < -0.4 is 15.9 Å². The van der Waals surface area contributed by atoms with Crippen molar-refractivity contribution in [2.45, 2.75) is 71.3 Å². The lowest BCUT2D eigenvalue weighted by atomic mass is 9.74. The lowest BCUT2D eigenvalue weighted by Crippen LogP contribution is -2.33. The number of aryl methyl sites for hydroxylation is 6. The van der Waals surface area contributed by atoms with Gasteiger partial charge in [-0.25, -0.2) is 4.99 Å². The molecule has 0 N–H and O–H groups in total. The van der Waals surface area contributed by atoms with Crippen molar-refractivity contribution in [3.63, 3.8) is 0 Å². The first-order valence-electron chi connectivity index (χ1n) is 18.3. The fourth-order valence-electron chi connectivity index (χ4n) is 9.51. The summed E-state index contributed by atoms with van der Waals surface area (Å²) in [6.07, 6.45) is 5.36. The molecule has 3 heteroatoms. The first-order chi connectivity index (χ1) is 24.4. The molecule has 50 heavy (non-hydrogen) atoms. The molecule has 1 aliphatic heterocycles. The predicted molar refractivity (Wildman–Crippen MR) is 212 cm³/mol. The summed E-state index contributed by atoms with van der Waals surface area (Å²) < 4.78 is 6.57. The van der Waals surface area contributed by atoms with Crippen molar-refractivity contribution in [1.29, 1.82) is 0 Å². The van der Waals surface area contributed by atoms with Gasteiger partial charge in [0, 0.05) is 11.0 Å². The number of nitrogens with zero attached hydrogens (tertiary/aromatic N) is 1. The summed E-state index contributed by atoms with van der Waals surface area (Å²) in [5.41, 5.74) is 13.9. The van der Waals surface area contributed by atoms with Crippen LogP contribution >= 0.6 is 7.92 Å². The largest absolute Gasteiger partial charge is 0.475 e. The van der Waals surface area contributed by atoms with E-state index < -0.39 is 7.92 Å². The van der Waals surface area contributed by atoms with E-state index in [2.05, 4.69) is 143 Å². The normalized spacial score (nSPS) is 19.2. The summed E-state index contributed by atoms with van der Waals surface area (Å²) in [5.74, 6) is 0.838. The zero-order chi connectivity index (χ0) is 34.0. The second kappa shape index (κ2) is 12.4. The fraction of sp³-hybridized carbons (Fsp3) is 0.255. The van der Waals surface area contributed by atoms with E-state index in [-0.39, 0.29) is 11.5 Å². The highest BCUT2D eigenvalue weighted by Crippen LogP contribution is 2.55. The van der Waals surface area contributed by atoms with Crippen molar-refractivity contribution in [2.24, 2.45) is 4.99 Å². The van der Waals surface area contributed by atoms with Gasteiger partial charge in [0.2, 0.25) is 5.90 Å². The highest BCUT2D eigenvalue weighted by Gasteiger charge is 2.49. The van der Waals surface area contributed by atoms with E-state index in [0.29, 0.717) is 6.61 Å². The molecule has 6 aromatic carbocycles. The second-order valence-corrected chi connectivity index (χ2v) is 17.2. The Morgan fingerprint density at radius 3 is 1.96 bits per heavy atom. The molecule has 248 valence electrons. The highest BCUT2D eigenvalue weighted by molar-refractivity contribution is 7.80. The van der Waals surface area contributed by atoms with Crippen molar-refractivity contribution in [3.05, 3.63) is 171 Å². The zero-order valence-corrected chi connectivity index (χ0v) is 30.5. The molecule has 9 rings (SSSR count). The van der Waals surface area contributed by atoms with Crippen molar-refractivity contribution >= 4 is 40.5 Å². The third-order valence-corrected chi connectivity index (χ3v) is 13.7. The molecule has 2 atom stereocenters. The molecule has 0 saturated carbocycles. The molecule has 6 aromatic rings. The number of ether oxygens (including phenoxy) is 1. The molecule has 0 saturated heterocycles. The Balaban J connectivity index is 1.17. The van der Waals surface area contributed by atoms with Crippen LogP contribution in [0.25, 0.3) is 10.8 Å². The molecule has 0 bridgehead atoms. The SMILES string of the molecule is Cc1cc(C)cc(P(c2cc(C)cc(C)c2)c2cccc3c2C2(CCc4cccc(C5=N[C@@H](Cc6cccc7ccccc67)CO5)c42)CC3)c1. The molecular weight excluding hydrogens is 625 g/mol. The van der Waals surface area contributed by atoms with Crippen LogP contribution in [-0.4, -0.2) is 18.5 Å². The van der Waals surface area contributed by atoms with Crippen LogP contribution in [0.3, 0.4) is 0 Å². The molecule has 1 unspecified atom stereocenters. The van der Waals surface area contributed by atoms with E-state index in [9.17, 15) is 0 Å². The standard InChI is InChI=1S/C47H44NOP/c1-30-22-31(2)25-39(24-30)50(40-26-32(3)23-33(4)27-40)43-17-9-13-36-19-21-47(45(36)43)20-18-35-12-8-16-42(44(35)47)46-48-38(29-49-46)28-37-14-7-11-34-10-5-6-15-41(34)37/h5-17,22-27,38H,18-21,28-29H2,1-4H3/t38-,47?/m0/s1. The van der Waals surface area contributed by atoms with E-state index in [1.807, 2.05) is 0 Å². The number of fused-ring (bicyclic) bond motifs is 5. The van der Waals surface area contributed by atoms with E-state index in [1.54, 1.807) is 5.56 Å². The first-order valence-corrected chi connectivity index (χ1v) is 19.6. The van der Waals surface area contributed by atoms with Gasteiger partial charge in [-0.1, -0.05) is 131 Å². The van der Waals surface area contributed by atoms with Gasteiger partial charge in [-0.05, 0) is 128 Å². The maximum atomic E-state index is 6.57. The monoisotopic (exact) mass is 669 g/mol. The molecule has 0 fully saturated rings. The van der Waals surface area contributed by atoms with Crippen molar-refractivity contribution < 1.29 is 4.74 Å². The van der Waals surface area contributed by atoms with Gasteiger partial charge >= 0.3 is 0 Å². The van der Waals surface area contributed by atoms with Crippen LogP contribution in [0.15, 0.2) is 120 Å². The highest BCUT2D eigenvalue weighted by atomic mass is 31.1. The molecule has 2 aliphatic carbocycles. The Morgan fingerprint density at radius 2 is 1.26 bits per heavy atom. The van der Waals surface area contributed by atoms with Crippen LogP contribution in [0.1, 0.15) is 68.5 Å². The van der Waals surface area contributed by atoms with Gasteiger partial charge in [0.25, 0.3) is 0 Å². The Kier molecular flexibility index (Phi) is 7.78. The number of hydrogen-bond acceptors (Lipinski definition) is 2. The predicted octanol–water partition coefficient (Wildman–Crippen LogP) is 9.40. The first kappa shape index (κ1) is 31.5. The smallest absolute Gasteiger partial charge is 0.216 e. The third kappa shape index (κ3) is 5.32. The fourth-order valence-corrected chi connectivity index (χ4v) is 12.5. The topological polar surface area (TPSA) is 21.6 Å². The maximum Gasteiger partial charge on any atom is 0.216 e. The van der Waals surface area contributed by atoms with E-state index in [1.165, 1.54) is 76.8 Å². The minimum Gasteiger partial charge on any atom is -0.475 e. The Hall–Kier alpha value is -4.52. The summed E-state index contributed by atoms with van der Waals surface area (Å²) in [6.45, 7) is 9.62. The third-order valence-electron chi connectivity index (χ3n) is 11.3. The van der Waals surface area contributed by atoms with E-state index in [4.69, 9.17) is 9.73 Å². The molecule has 0 radical (unpaired) electrons. The Morgan fingerprint density at radius 1 is 0.660 bits per heavy atom. The molecule has 3 aliphatic rings. The Bertz CT molecular complexity index is 2230. The lowest BCUT2D eigenvalue weighted by molar-refractivity contribution is 0.316. The van der Waals surface area contributed by atoms with Crippen LogP contribution in [0, 0.1) is 27.7 Å². The van der Waals surface area contributed by atoms with Gasteiger partial charge in [0.05, 0.1) is 6.04 Å². The number of rotatable bonds is 6.